The van der Waals surface area contributed by atoms with E-state index in [0.29, 0.717) is 17.8 Å². The second kappa shape index (κ2) is 5.34. The smallest absolute Gasteiger partial charge is 0.0663 e. The van der Waals surface area contributed by atoms with Crippen LogP contribution in [-0.2, 0) is 6.54 Å². The normalized spacial score (nSPS) is 31.8. The number of thioether (sulfide) groups is 1. The number of nitrogens with zero attached hydrogens (tertiary/aromatic N) is 2. The van der Waals surface area contributed by atoms with Crippen LogP contribution in [0.3, 0.4) is 0 Å². The predicted molar refractivity (Wildman–Crippen MR) is 75.1 cm³/mol. The molecule has 0 N–H and O–H groups in total. The molecule has 2 heterocycles. The van der Waals surface area contributed by atoms with Gasteiger partial charge in [-0.25, -0.2) is 0 Å². The maximum Gasteiger partial charge on any atom is 0.0663 e. The molecule has 94 valence electrons. The van der Waals surface area contributed by atoms with Crippen LogP contribution in [0.5, 0.6) is 0 Å². The SMILES string of the molecule is N#CC1[C@@H]2CSC[C@H]1CN(Cc1ccccc1)C2. The van der Waals surface area contributed by atoms with Crippen molar-refractivity contribution in [2.45, 2.75) is 6.54 Å². The molecule has 1 aromatic carbocycles. The molecule has 0 saturated carbocycles. The van der Waals surface area contributed by atoms with Gasteiger partial charge in [-0.1, -0.05) is 30.3 Å². The highest BCUT2D eigenvalue weighted by atomic mass is 32.2. The summed E-state index contributed by atoms with van der Waals surface area (Å²) in [4.78, 5) is 2.54. The molecular formula is C15H18N2S. The Morgan fingerprint density at radius 1 is 1.17 bits per heavy atom. The first-order valence-electron chi connectivity index (χ1n) is 6.60. The zero-order chi connectivity index (χ0) is 12.4. The zero-order valence-electron chi connectivity index (χ0n) is 10.5. The fraction of sp³-hybridized carbons (Fsp3) is 0.533. The Hall–Kier alpha value is -0.980. The number of rotatable bonds is 2. The first-order valence-corrected chi connectivity index (χ1v) is 7.76. The molecule has 2 fully saturated rings. The monoisotopic (exact) mass is 258 g/mol. The van der Waals surface area contributed by atoms with Crippen molar-refractivity contribution in [1.29, 1.82) is 5.26 Å². The lowest BCUT2D eigenvalue weighted by Crippen LogP contribution is -2.49. The Kier molecular flexibility index (Phi) is 3.58. The molecule has 2 nitrogen and oxygen atoms in total. The number of benzene rings is 1. The van der Waals surface area contributed by atoms with E-state index >= 15 is 0 Å². The molecule has 3 atom stereocenters. The van der Waals surface area contributed by atoms with Crippen LogP contribution in [0.25, 0.3) is 0 Å². The van der Waals surface area contributed by atoms with Gasteiger partial charge in [-0.05, 0) is 28.9 Å². The maximum atomic E-state index is 9.30. The van der Waals surface area contributed by atoms with Gasteiger partial charge in [0.05, 0.1) is 12.0 Å². The third-order valence-corrected chi connectivity index (χ3v) is 5.39. The topological polar surface area (TPSA) is 27.0 Å². The highest BCUT2D eigenvalue weighted by Gasteiger charge is 2.39. The van der Waals surface area contributed by atoms with Crippen molar-refractivity contribution >= 4 is 11.8 Å². The number of nitriles is 1. The van der Waals surface area contributed by atoms with Gasteiger partial charge >= 0.3 is 0 Å². The van der Waals surface area contributed by atoms with Crippen molar-refractivity contribution in [2.75, 3.05) is 24.6 Å². The van der Waals surface area contributed by atoms with E-state index in [-0.39, 0.29) is 0 Å². The Labute approximate surface area is 113 Å². The summed E-state index contributed by atoms with van der Waals surface area (Å²) in [6.45, 7) is 3.23. The molecule has 0 radical (unpaired) electrons. The summed E-state index contributed by atoms with van der Waals surface area (Å²) in [6, 6.07) is 13.2. The lowest BCUT2D eigenvalue weighted by atomic mass is 9.80. The van der Waals surface area contributed by atoms with Crippen LogP contribution in [0.2, 0.25) is 0 Å². The molecule has 2 aliphatic rings. The Morgan fingerprint density at radius 3 is 2.44 bits per heavy atom. The quantitative estimate of drug-likeness (QED) is 0.816. The Balaban J connectivity index is 1.68. The van der Waals surface area contributed by atoms with Gasteiger partial charge in [-0.15, -0.1) is 0 Å². The molecule has 3 rings (SSSR count). The summed E-state index contributed by atoms with van der Waals surface area (Å²) in [5.41, 5.74) is 1.39. The zero-order valence-corrected chi connectivity index (χ0v) is 11.3. The summed E-state index contributed by atoms with van der Waals surface area (Å²) >= 11 is 2.04. The maximum absolute atomic E-state index is 9.30. The van der Waals surface area contributed by atoms with E-state index in [1.807, 2.05) is 11.8 Å². The molecule has 0 aromatic heterocycles. The van der Waals surface area contributed by atoms with Gasteiger partial charge in [0.1, 0.15) is 0 Å². The molecule has 1 aromatic rings. The van der Waals surface area contributed by atoms with E-state index in [1.165, 1.54) is 17.1 Å². The number of piperidine rings is 1. The summed E-state index contributed by atoms with van der Waals surface area (Å²) in [5.74, 6) is 3.80. The van der Waals surface area contributed by atoms with Crippen molar-refractivity contribution in [3.63, 3.8) is 0 Å². The molecule has 0 aliphatic carbocycles. The minimum atomic E-state index is 0.304. The number of hydrogen-bond acceptors (Lipinski definition) is 3. The largest absolute Gasteiger partial charge is 0.298 e. The summed E-state index contributed by atoms with van der Waals surface area (Å²) in [6.07, 6.45) is 0. The first-order chi connectivity index (χ1) is 8.86. The third-order valence-electron chi connectivity index (χ3n) is 4.06. The van der Waals surface area contributed by atoms with Gasteiger partial charge in [0.15, 0.2) is 0 Å². The van der Waals surface area contributed by atoms with Crippen LogP contribution in [0, 0.1) is 29.1 Å². The molecule has 18 heavy (non-hydrogen) atoms. The van der Waals surface area contributed by atoms with Crippen molar-refractivity contribution < 1.29 is 0 Å². The third kappa shape index (κ3) is 2.41. The lowest BCUT2D eigenvalue weighted by Gasteiger charge is -2.44. The molecule has 0 spiro atoms. The summed E-state index contributed by atoms with van der Waals surface area (Å²) < 4.78 is 0. The minimum Gasteiger partial charge on any atom is -0.298 e. The fourth-order valence-corrected chi connectivity index (χ4v) is 4.58. The second-order valence-electron chi connectivity index (χ2n) is 5.39. The predicted octanol–water partition coefficient (Wildman–Crippen LogP) is 2.62. The summed E-state index contributed by atoms with van der Waals surface area (Å²) in [7, 11) is 0. The van der Waals surface area contributed by atoms with Gasteiger partial charge in [0.2, 0.25) is 0 Å². The van der Waals surface area contributed by atoms with Crippen LogP contribution in [0.4, 0.5) is 0 Å². The van der Waals surface area contributed by atoms with E-state index in [1.54, 1.807) is 0 Å². The molecule has 1 unspecified atom stereocenters. The fourth-order valence-electron chi connectivity index (χ4n) is 3.21. The molecule has 2 aliphatic heterocycles. The van der Waals surface area contributed by atoms with Crippen LogP contribution in [0.1, 0.15) is 5.56 Å². The van der Waals surface area contributed by atoms with Crippen molar-refractivity contribution in [3.8, 4) is 6.07 Å². The number of likely N-dealkylation sites (tertiary alicyclic amines) is 1. The van der Waals surface area contributed by atoms with Crippen molar-refractivity contribution in [2.24, 2.45) is 17.8 Å². The van der Waals surface area contributed by atoms with Crippen LogP contribution in [-0.4, -0.2) is 29.5 Å². The standard InChI is InChI=1S/C15H18N2S/c16-6-15-13-8-17(9-14(15)11-18-10-13)7-12-4-2-1-3-5-12/h1-5,13-15H,7-11H2/t13-,14+,15?. The van der Waals surface area contributed by atoms with Gasteiger partial charge in [0.25, 0.3) is 0 Å². The van der Waals surface area contributed by atoms with Gasteiger partial charge in [0, 0.05) is 19.6 Å². The molecule has 3 heteroatoms. The Morgan fingerprint density at radius 2 is 1.83 bits per heavy atom. The highest BCUT2D eigenvalue weighted by molar-refractivity contribution is 7.99. The van der Waals surface area contributed by atoms with Gasteiger partial charge < -0.3 is 0 Å². The average Bonchev–Trinajstić information content (AvgIpc) is 2.39. The number of hydrogen-bond donors (Lipinski definition) is 0. The van der Waals surface area contributed by atoms with E-state index in [4.69, 9.17) is 0 Å². The van der Waals surface area contributed by atoms with E-state index < -0.39 is 0 Å². The highest BCUT2D eigenvalue weighted by Crippen LogP contribution is 2.38. The lowest BCUT2D eigenvalue weighted by molar-refractivity contribution is 0.0994. The average molecular weight is 258 g/mol. The van der Waals surface area contributed by atoms with Crippen LogP contribution in [0.15, 0.2) is 30.3 Å². The Bertz CT molecular complexity index is 426. The van der Waals surface area contributed by atoms with Crippen molar-refractivity contribution in [3.05, 3.63) is 35.9 Å². The molecular weight excluding hydrogens is 240 g/mol. The van der Waals surface area contributed by atoms with E-state index in [9.17, 15) is 5.26 Å². The van der Waals surface area contributed by atoms with Crippen molar-refractivity contribution in [1.82, 2.24) is 4.90 Å². The second-order valence-corrected chi connectivity index (χ2v) is 6.47. The van der Waals surface area contributed by atoms with Gasteiger partial charge in [-0.2, -0.15) is 17.0 Å². The van der Waals surface area contributed by atoms with Crippen LogP contribution < -0.4 is 0 Å². The molecule has 0 amide bonds. The minimum absolute atomic E-state index is 0.304. The van der Waals surface area contributed by atoms with E-state index in [2.05, 4.69) is 41.3 Å². The molecule has 2 bridgehead atoms. The van der Waals surface area contributed by atoms with Crippen LogP contribution >= 0.6 is 11.8 Å². The first kappa shape index (κ1) is 12.1. The van der Waals surface area contributed by atoms with E-state index in [0.717, 1.165) is 19.6 Å². The number of fused-ring (bicyclic) bond motifs is 2. The molecule has 2 saturated heterocycles. The summed E-state index contributed by atoms with van der Waals surface area (Å²) in [5, 5.41) is 9.30. The van der Waals surface area contributed by atoms with Gasteiger partial charge in [-0.3, -0.25) is 4.90 Å².